The number of halogens is 1. The van der Waals surface area contributed by atoms with E-state index in [1.165, 1.54) is 25.1 Å². The highest BCUT2D eigenvalue weighted by Gasteiger charge is 2.43. The van der Waals surface area contributed by atoms with Crippen molar-refractivity contribution in [2.75, 3.05) is 25.1 Å². The van der Waals surface area contributed by atoms with Crippen LogP contribution in [0.1, 0.15) is 12.5 Å². The number of ether oxygens (including phenoxy) is 1. The zero-order chi connectivity index (χ0) is 14.0. The number of anilines is 1. The Bertz CT molecular complexity index is 495. The van der Waals surface area contributed by atoms with E-state index >= 15 is 0 Å². The summed E-state index contributed by atoms with van der Waals surface area (Å²) < 4.78 is 19.2. The lowest BCUT2D eigenvalue weighted by Crippen LogP contribution is -2.46. The van der Waals surface area contributed by atoms with Crippen molar-refractivity contribution in [1.82, 2.24) is 0 Å². The van der Waals surface area contributed by atoms with Gasteiger partial charge in [0.25, 0.3) is 0 Å². The monoisotopic (exact) mass is 268 g/mol. The van der Waals surface area contributed by atoms with Gasteiger partial charge >= 0.3 is 0 Å². The first-order chi connectivity index (χ1) is 8.97. The van der Waals surface area contributed by atoms with Gasteiger partial charge in [0.1, 0.15) is 5.82 Å². The number of carbonyl (C=O) groups excluding carboxylic acids is 1. The summed E-state index contributed by atoms with van der Waals surface area (Å²) in [6, 6.07) is 4.21. The molecule has 0 aromatic heterocycles. The smallest absolute Gasteiger partial charge is 0.221 e. The minimum absolute atomic E-state index is 0.138. The molecule has 1 saturated heterocycles. The number of aliphatic hydroxyl groups excluding tert-OH is 1. The van der Waals surface area contributed by atoms with Crippen molar-refractivity contribution in [2.24, 2.45) is 11.7 Å². The molecule has 1 aliphatic heterocycles. The Morgan fingerprint density at radius 1 is 1.68 bits per heavy atom. The molecule has 2 unspecified atom stereocenters. The van der Waals surface area contributed by atoms with E-state index in [2.05, 4.69) is 5.32 Å². The fourth-order valence-corrected chi connectivity index (χ4v) is 2.31. The summed E-state index contributed by atoms with van der Waals surface area (Å²) in [4.78, 5) is 11.0. The van der Waals surface area contributed by atoms with Crippen LogP contribution in [0.15, 0.2) is 18.2 Å². The highest BCUT2D eigenvalue weighted by molar-refractivity contribution is 5.88. The van der Waals surface area contributed by atoms with E-state index in [-0.39, 0.29) is 37.2 Å². The molecule has 1 amide bonds. The third kappa shape index (κ3) is 2.60. The Kier molecular flexibility index (Phi) is 3.84. The molecule has 4 N–H and O–H groups in total. The van der Waals surface area contributed by atoms with E-state index in [1.807, 2.05) is 0 Å². The van der Waals surface area contributed by atoms with Crippen LogP contribution in [0, 0.1) is 11.7 Å². The molecular weight excluding hydrogens is 251 g/mol. The van der Waals surface area contributed by atoms with Crippen molar-refractivity contribution in [2.45, 2.75) is 12.5 Å². The Labute approximate surface area is 110 Å². The lowest BCUT2D eigenvalue weighted by atomic mass is 9.81. The first-order valence-corrected chi connectivity index (χ1v) is 6.02. The molecule has 0 spiro atoms. The van der Waals surface area contributed by atoms with E-state index in [1.54, 1.807) is 0 Å². The molecule has 1 aromatic rings. The molecule has 0 bridgehead atoms. The van der Waals surface area contributed by atoms with Crippen LogP contribution in [0.4, 0.5) is 10.1 Å². The maximum absolute atomic E-state index is 14.0. The average Bonchev–Trinajstić information content (AvgIpc) is 2.73. The molecule has 1 aromatic carbocycles. The van der Waals surface area contributed by atoms with Crippen molar-refractivity contribution >= 4 is 11.6 Å². The molecule has 5 nitrogen and oxygen atoms in total. The van der Waals surface area contributed by atoms with E-state index < -0.39 is 11.4 Å². The standard InChI is InChI=1S/C13H17FN2O3/c1-8(18)16-10-2-3-12(14)11(4-10)13(15)7-19-6-9(13)5-17/h2-4,9,17H,5-7,15H2,1H3,(H,16,18). The van der Waals surface area contributed by atoms with Gasteiger partial charge in [0, 0.05) is 24.1 Å². The van der Waals surface area contributed by atoms with Crippen LogP contribution in [0.5, 0.6) is 0 Å². The van der Waals surface area contributed by atoms with Crippen LogP contribution in [0.3, 0.4) is 0 Å². The molecule has 1 aliphatic rings. The second-order valence-corrected chi connectivity index (χ2v) is 4.81. The van der Waals surface area contributed by atoms with Crippen molar-refractivity contribution in [1.29, 1.82) is 0 Å². The van der Waals surface area contributed by atoms with Crippen molar-refractivity contribution in [3.63, 3.8) is 0 Å². The van der Waals surface area contributed by atoms with Crippen LogP contribution < -0.4 is 11.1 Å². The molecule has 0 saturated carbocycles. The maximum atomic E-state index is 14.0. The second kappa shape index (κ2) is 5.24. The lowest BCUT2D eigenvalue weighted by molar-refractivity contribution is -0.114. The predicted octanol–water partition coefficient (Wildman–Crippen LogP) is 0.577. The summed E-state index contributed by atoms with van der Waals surface area (Å²) in [6.45, 7) is 1.62. The lowest BCUT2D eigenvalue weighted by Gasteiger charge is -2.29. The molecule has 6 heteroatoms. The molecule has 2 atom stereocenters. The van der Waals surface area contributed by atoms with Gasteiger partial charge in [-0.2, -0.15) is 0 Å². The van der Waals surface area contributed by atoms with Gasteiger partial charge in [-0.1, -0.05) is 0 Å². The number of carbonyl (C=O) groups is 1. The summed E-state index contributed by atoms with van der Waals surface area (Å²) in [6.07, 6.45) is 0. The fourth-order valence-electron chi connectivity index (χ4n) is 2.31. The molecule has 2 rings (SSSR count). The number of hydrogen-bond acceptors (Lipinski definition) is 4. The number of nitrogens with two attached hydrogens (primary N) is 1. The van der Waals surface area contributed by atoms with Gasteiger partial charge < -0.3 is 20.9 Å². The molecule has 19 heavy (non-hydrogen) atoms. The number of nitrogens with one attached hydrogen (secondary N) is 1. The fraction of sp³-hybridized carbons (Fsp3) is 0.462. The number of benzene rings is 1. The molecule has 0 radical (unpaired) electrons. The highest BCUT2D eigenvalue weighted by atomic mass is 19.1. The quantitative estimate of drug-likeness (QED) is 0.748. The molecule has 1 fully saturated rings. The van der Waals surface area contributed by atoms with Gasteiger partial charge in [0.15, 0.2) is 0 Å². The summed E-state index contributed by atoms with van der Waals surface area (Å²) in [5.74, 6) is -1.08. The summed E-state index contributed by atoms with van der Waals surface area (Å²) in [5, 5.41) is 11.9. The first kappa shape index (κ1) is 13.9. The molecule has 104 valence electrons. The van der Waals surface area contributed by atoms with Crippen LogP contribution >= 0.6 is 0 Å². The van der Waals surface area contributed by atoms with Crippen molar-refractivity contribution in [3.05, 3.63) is 29.6 Å². The Hall–Kier alpha value is -1.50. The SMILES string of the molecule is CC(=O)Nc1ccc(F)c(C2(N)COCC2CO)c1. The molecule has 1 heterocycles. The van der Waals surface area contributed by atoms with Crippen LogP contribution in [0.25, 0.3) is 0 Å². The zero-order valence-corrected chi connectivity index (χ0v) is 10.6. The Morgan fingerprint density at radius 3 is 3.05 bits per heavy atom. The highest BCUT2D eigenvalue weighted by Crippen LogP contribution is 2.35. The van der Waals surface area contributed by atoms with Crippen LogP contribution in [-0.2, 0) is 15.1 Å². The third-order valence-corrected chi connectivity index (χ3v) is 3.40. The Balaban J connectivity index is 2.40. The number of hydrogen-bond donors (Lipinski definition) is 3. The largest absolute Gasteiger partial charge is 0.396 e. The van der Waals surface area contributed by atoms with Gasteiger partial charge in [-0.05, 0) is 18.2 Å². The van der Waals surface area contributed by atoms with Gasteiger partial charge in [-0.25, -0.2) is 4.39 Å². The zero-order valence-electron chi connectivity index (χ0n) is 10.6. The number of aliphatic hydroxyl groups is 1. The van der Waals surface area contributed by atoms with E-state index in [4.69, 9.17) is 10.5 Å². The minimum atomic E-state index is -1.08. The Morgan fingerprint density at radius 2 is 2.42 bits per heavy atom. The summed E-state index contributed by atoms with van der Waals surface area (Å²) in [7, 11) is 0. The second-order valence-electron chi connectivity index (χ2n) is 4.81. The van der Waals surface area contributed by atoms with E-state index in [0.29, 0.717) is 5.69 Å². The third-order valence-electron chi connectivity index (χ3n) is 3.40. The maximum Gasteiger partial charge on any atom is 0.221 e. The normalized spacial score (nSPS) is 26.4. The topological polar surface area (TPSA) is 84.6 Å². The van der Waals surface area contributed by atoms with Crippen molar-refractivity contribution in [3.8, 4) is 0 Å². The van der Waals surface area contributed by atoms with Crippen molar-refractivity contribution < 1.29 is 19.0 Å². The molecular formula is C13H17FN2O3. The van der Waals surface area contributed by atoms with Gasteiger partial charge in [0.05, 0.1) is 25.4 Å². The van der Waals surface area contributed by atoms with Crippen LogP contribution in [-0.4, -0.2) is 30.8 Å². The summed E-state index contributed by atoms with van der Waals surface area (Å²) in [5.41, 5.74) is 5.84. The average molecular weight is 268 g/mol. The minimum Gasteiger partial charge on any atom is -0.396 e. The van der Waals surface area contributed by atoms with Crippen LogP contribution in [0.2, 0.25) is 0 Å². The van der Waals surface area contributed by atoms with Gasteiger partial charge in [-0.15, -0.1) is 0 Å². The number of rotatable bonds is 3. The first-order valence-electron chi connectivity index (χ1n) is 6.02. The van der Waals surface area contributed by atoms with Gasteiger partial charge in [-0.3, -0.25) is 4.79 Å². The van der Waals surface area contributed by atoms with E-state index in [0.717, 1.165) is 0 Å². The molecule has 0 aliphatic carbocycles. The predicted molar refractivity (Wildman–Crippen MR) is 68.0 cm³/mol. The summed E-state index contributed by atoms with van der Waals surface area (Å²) >= 11 is 0. The van der Waals surface area contributed by atoms with Gasteiger partial charge in [0.2, 0.25) is 5.91 Å². The van der Waals surface area contributed by atoms with E-state index in [9.17, 15) is 14.3 Å². The number of amides is 1.